The second-order valence-corrected chi connectivity index (χ2v) is 4.88. The molecular weight excluding hydrogens is 286 g/mol. The predicted octanol–water partition coefficient (Wildman–Crippen LogP) is 1.95. The van der Waals surface area contributed by atoms with Crippen molar-refractivity contribution in [2.45, 2.75) is 25.1 Å². The molecule has 0 aliphatic carbocycles. The number of aliphatic hydroxyl groups is 1. The van der Waals surface area contributed by atoms with Crippen LogP contribution < -0.4 is 10.1 Å². The number of benzene rings is 1. The van der Waals surface area contributed by atoms with Gasteiger partial charge in [0.1, 0.15) is 17.6 Å². The van der Waals surface area contributed by atoms with Gasteiger partial charge in [0.15, 0.2) is 0 Å². The highest BCUT2D eigenvalue weighted by Gasteiger charge is 2.22. The molecule has 0 amide bonds. The molecule has 0 bridgehead atoms. The lowest BCUT2D eigenvalue weighted by molar-refractivity contribution is -0.140. The van der Waals surface area contributed by atoms with Gasteiger partial charge in [-0.25, -0.2) is 0 Å². The minimum absolute atomic E-state index is 0.0579. The molecule has 2 rings (SSSR count). The predicted molar refractivity (Wildman–Crippen MR) is 79.5 cm³/mol. The summed E-state index contributed by atoms with van der Waals surface area (Å²) >= 11 is 0. The number of aliphatic carboxylic acids is 1. The summed E-state index contributed by atoms with van der Waals surface area (Å²) in [5.41, 5.74) is 0.645. The van der Waals surface area contributed by atoms with Crippen molar-refractivity contribution in [3.05, 3.63) is 54.0 Å². The van der Waals surface area contributed by atoms with Crippen LogP contribution in [0.5, 0.6) is 5.75 Å². The van der Waals surface area contributed by atoms with Crippen LogP contribution in [0.3, 0.4) is 0 Å². The molecule has 0 aliphatic rings. The van der Waals surface area contributed by atoms with E-state index in [1.165, 1.54) is 6.26 Å². The Kier molecular flexibility index (Phi) is 5.57. The van der Waals surface area contributed by atoms with Gasteiger partial charge < -0.3 is 19.4 Å². The topological polar surface area (TPSA) is 91.9 Å². The third kappa shape index (κ3) is 4.34. The molecule has 3 N–H and O–H groups in total. The van der Waals surface area contributed by atoms with Crippen LogP contribution in [0.25, 0.3) is 0 Å². The highest BCUT2D eigenvalue weighted by atomic mass is 16.5. The second kappa shape index (κ2) is 7.63. The summed E-state index contributed by atoms with van der Waals surface area (Å²) in [6, 6.07) is 9.51. The van der Waals surface area contributed by atoms with Gasteiger partial charge in [0, 0.05) is 6.42 Å². The van der Waals surface area contributed by atoms with E-state index in [1.54, 1.807) is 43.5 Å². The zero-order chi connectivity index (χ0) is 15.9. The maximum atomic E-state index is 11.3. The Morgan fingerprint density at radius 3 is 2.59 bits per heavy atom. The van der Waals surface area contributed by atoms with E-state index >= 15 is 0 Å². The van der Waals surface area contributed by atoms with E-state index in [9.17, 15) is 15.0 Å². The Balaban J connectivity index is 1.95. The number of rotatable bonds is 8. The molecule has 0 spiro atoms. The van der Waals surface area contributed by atoms with Crippen LogP contribution in [0.2, 0.25) is 0 Å². The van der Waals surface area contributed by atoms with Crippen molar-refractivity contribution in [1.82, 2.24) is 5.32 Å². The Bertz CT molecular complexity index is 579. The number of aliphatic hydroxyl groups excluding tert-OH is 1. The van der Waals surface area contributed by atoms with Crippen molar-refractivity contribution in [2.24, 2.45) is 0 Å². The highest BCUT2D eigenvalue weighted by Crippen LogP contribution is 2.21. The van der Waals surface area contributed by atoms with Crippen molar-refractivity contribution in [2.75, 3.05) is 7.11 Å². The summed E-state index contributed by atoms with van der Waals surface area (Å²) in [5, 5.41) is 22.3. The van der Waals surface area contributed by atoms with E-state index in [4.69, 9.17) is 9.15 Å². The van der Waals surface area contributed by atoms with E-state index in [2.05, 4.69) is 5.32 Å². The summed E-state index contributed by atoms with van der Waals surface area (Å²) in [6.45, 7) is 0.291. The Hall–Kier alpha value is -2.31. The summed E-state index contributed by atoms with van der Waals surface area (Å²) in [4.78, 5) is 11.3. The van der Waals surface area contributed by atoms with E-state index in [0.29, 0.717) is 23.6 Å². The van der Waals surface area contributed by atoms with Crippen LogP contribution in [-0.2, 0) is 11.3 Å². The fourth-order valence-electron chi connectivity index (χ4n) is 2.09. The van der Waals surface area contributed by atoms with Crippen molar-refractivity contribution in [3.63, 3.8) is 0 Å². The van der Waals surface area contributed by atoms with Gasteiger partial charge in [0.25, 0.3) is 0 Å². The second-order valence-electron chi connectivity index (χ2n) is 4.88. The number of carboxylic acids is 1. The molecule has 6 heteroatoms. The van der Waals surface area contributed by atoms with Gasteiger partial charge in [-0.3, -0.25) is 10.1 Å². The molecule has 1 heterocycles. The fourth-order valence-corrected chi connectivity index (χ4v) is 2.09. The molecule has 0 saturated carbocycles. The fraction of sp³-hybridized carbons (Fsp3) is 0.312. The average molecular weight is 305 g/mol. The maximum absolute atomic E-state index is 11.3. The Morgan fingerprint density at radius 2 is 2.05 bits per heavy atom. The Morgan fingerprint density at radius 1 is 1.32 bits per heavy atom. The first-order chi connectivity index (χ1) is 10.6. The standard InChI is InChI=1S/C16H19NO5/c1-21-12-6-4-11(5-7-12)15(18)9-14(16(19)20)17-10-13-3-2-8-22-13/h2-8,14-15,17-18H,9-10H2,1H3,(H,19,20)/t14-,15+/m1/s1. The lowest BCUT2D eigenvalue weighted by atomic mass is 10.0. The SMILES string of the molecule is COc1ccc([C@@H](O)C[C@@H](NCc2ccco2)C(=O)O)cc1. The molecule has 0 unspecified atom stereocenters. The van der Waals surface area contributed by atoms with E-state index < -0.39 is 18.1 Å². The monoisotopic (exact) mass is 305 g/mol. The smallest absolute Gasteiger partial charge is 0.320 e. The van der Waals surface area contributed by atoms with Crippen LogP contribution in [-0.4, -0.2) is 29.3 Å². The molecule has 0 saturated heterocycles. The number of methoxy groups -OCH3 is 1. The summed E-state index contributed by atoms with van der Waals surface area (Å²) < 4.78 is 10.2. The lowest BCUT2D eigenvalue weighted by Crippen LogP contribution is -2.37. The van der Waals surface area contributed by atoms with Gasteiger partial charge in [-0.1, -0.05) is 12.1 Å². The van der Waals surface area contributed by atoms with Crippen molar-refractivity contribution in [3.8, 4) is 5.75 Å². The molecular formula is C16H19NO5. The molecule has 0 fully saturated rings. The van der Waals surface area contributed by atoms with Crippen LogP contribution in [0.4, 0.5) is 0 Å². The molecule has 0 aliphatic heterocycles. The quantitative estimate of drug-likeness (QED) is 0.690. The number of nitrogens with one attached hydrogen (secondary N) is 1. The first-order valence-electron chi connectivity index (χ1n) is 6.90. The molecule has 22 heavy (non-hydrogen) atoms. The largest absolute Gasteiger partial charge is 0.497 e. The Labute approximate surface area is 128 Å². The van der Waals surface area contributed by atoms with Crippen molar-refractivity contribution in [1.29, 1.82) is 0 Å². The number of hydrogen-bond acceptors (Lipinski definition) is 5. The zero-order valence-electron chi connectivity index (χ0n) is 12.2. The minimum Gasteiger partial charge on any atom is -0.497 e. The van der Waals surface area contributed by atoms with E-state index in [0.717, 1.165) is 0 Å². The van der Waals surface area contributed by atoms with E-state index in [1.807, 2.05) is 0 Å². The van der Waals surface area contributed by atoms with Crippen molar-refractivity contribution < 1.29 is 24.2 Å². The maximum Gasteiger partial charge on any atom is 0.320 e. The van der Waals surface area contributed by atoms with Gasteiger partial charge in [0.2, 0.25) is 0 Å². The van der Waals surface area contributed by atoms with Gasteiger partial charge in [-0.15, -0.1) is 0 Å². The van der Waals surface area contributed by atoms with E-state index in [-0.39, 0.29) is 6.42 Å². The number of carbonyl (C=O) groups is 1. The van der Waals surface area contributed by atoms with Gasteiger partial charge in [0.05, 0.1) is 26.0 Å². The zero-order valence-corrected chi connectivity index (χ0v) is 12.2. The van der Waals surface area contributed by atoms with Gasteiger partial charge in [-0.05, 0) is 29.8 Å². The van der Waals surface area contributed by atoms with Gasteiger partial charge >= 0.3 is 5.97 Å². The average Bonchev–Trinajstić information content (AvgIpc) is 3.04. The van der Waals surface area contributed by atoms with Crippen molar-refractivity contribution >= 4 is 5.97 Å². The molecule has 6 nitrogen and oxygen atoms in total. The third-order valence-corrected chi connectivity index (χ3v) is 3.36. The molecule has 1 aromatic carbocycles. The third-order valence-electron chi connectivity index (χ3n) is 3.36. The van der Waals surface area contributed by atoms with Gasteiger partial charge in [-0.2, -0.15) is 0 Å². The van der Waals surface area contributed by atoms with Crippen LogP contribution in [0.1, 0.15) is 23.8 Å². The highest BCUT2D eigenvalue weighted by molar-refractivity contribution is 5.73. The summed E-state index contributed by atoms with van der Waals surface area (Å²) in [5.74, 6) is 0.311. The first kappa shape index (κ1) is 16.1. The molecule has 118 valence electrons. The first-order valence-corrected chi connectivity index (χ1v) is 6.90. The molecule has 0 radical (unpaired) electrons. The molecule has 1 aromatic heterocycles. The minimum atomic E-state index is -1.01. The molecule has 2 aromatic rings. The van der Waals surface area contributed by atoms with Crippen LogP contribution >= 0.6 is 0 Å². The number of hydrogen-bond donors (Lipinski definition) is 3. The van der Waals surface area contributed by atoms with Crippen LogP contribution in [0.15, 0.2) is 47.1 Å². The number of carboxylic acid groups (broad SMARTS) is 1. The summed E-state index contributed by atoms with van der Waals surface area (Å²) in [6.07, 6.45) is 0.706. The number of ether oxygens (including phenoxy) is 1. The number of furan rings is 1. The molecule has 2 atom stereocenters. The van der Waals surface area contributed by atoms with Crippen LogP contribution in [0, 0.1) is 0 Å². The normalized spacial score (nSPS) is 13.5. The summed E-state index contributed by atoms with van der Waals surface area (Å²) in [7, 11) is 1.56. The lowest BCUT2D eigenvalue weighted by Gasteiger charge is -2.18.